The number of rotatable bonds is 5. The molecule has 0 unspecified atom stereocenters. The van der Waals surface area contributed by atoms with Crippen molar-refractivity contribution in [3.05, 3.63) is 66.2 Å². The van der Waals surface area contributed by atoms with Crippen molar-refractivity contribution in [3.8, 4) is 11.3 Å². The third-order valence-electron chi connectivity index (χ3n) is 4.13. The second kappa shape index (κ2) is 7.26. The smallest absolute Gasteiger partial charge is 0.252 e. The van der Waals surface area contributed by atoms with Crippen LogP contribution < -0.4 is 5.32 Å². The van der Waals surface area contributed by atoms with Crippen LogP contribution in [-0.4, -0.2) is 16.9 Å². The summed E-state index contributed by atoms with van der Waals surface area (Å²) in [6, 6.07) is 19.8. The number of carbonyl (C=O) groups excluding carboxylic acids is 1. The van der Waals surface area contributed by atoms with Crippen molar-refractivity contribution in [2.45, 2.75) is 32.7 Å². The number of nitrogens with one attached hydrogen (secondary N) is 1. The Hall–Kier alpha value is -2.68. The third kappa shape index (κ3) is 3.46. The molecule has 1 heterocycles. The molecule has 3 aromatic rings. The second-order valence-corrected chi connectivity index (χ2v) is 6.10. The van der Waals surface area contributed by atoms with E-state index >= 15 is 0 Å². The normalized spacial score (nSPS) is 12.1. The Labute approximate surface area is 142 Å². The van der Waals surface area contributed by atoms with E-state index in [-0.39, 0.29) is 11.9 Å². The molecule has 3 heteroatoms. The minimum absolute atomic E-state index is 0.0354. The first-order valence-corrected chi connectivity index (χ1v) is 8.45. The Morgan fingerprint density at radius 1 is 1.08 bits per heavy atom. The number of nitrogens with zero attached hydrogens (tertiary/aromatic N) is 1. The molecule has 2 aromatic carbocycles. The molecule has 0 aliphatic heterocycles. The number of fused-ring (bicyclic) bond motifs is 1. The van der Waals surface area contributed by atoms with Gasteiger partial charge in [0.05, 0.1) is 16.8 Å². The highest BCUT2D eigenvalue weighted by molar-refractivity contribution is 6.07. The first-order valence-electron chi connectivity index (χ1n) is 8.45. The maximum atomic E-state index is 12.8. The average Bonchev–Trinajstić information content (AvgIpc) is 2.61. The van der Waals surface area contributed by atoms with Crippen LogP contribution in [0.1, 0.15) is 37.0 Å². The number of aromatic nitrogens is 1. The van der Waals surface area contributed by atoms with Gasteiger partial charge in [-0.3, -0.25) is 4.79 Å². The van der Waals surface area contributed by atoms with Crippen LogP contribution in [0.25, 0.3) is 22.2 Å². The number of para-hydroxylation sites is 1. The summed E-state index contributed by atoms with van der Waals surface area (Å²) in [5, 5.41) is 3.99. The first kappa shape index (κ1) is 16.2. The minimum atomic E-state index is -0.0354. The van der Waals surface area contributed by atoms with Gasteiger partial charge in [0.15, 0.2) is 0 Å². The Balaban J connectivity index is 2.06. The lowest BCUT2D eigenvalue weighted by Gasteiger charge is -2.15. The molecule has 0 aliphatic rings. The van der Waals surface area contributed by atoms with Crippen LogP contribution in [0.15, 0.2) is 60.7 Å². The van der Waals surface area contributed by atoms with Crippen LogP contribution in [0.2, 0.25) is 0 Å². The zero-order valence-electron chi connectivity index (χ0n) is 14.1. The highest BCUT2D eigenvalue weighted by Crippen LogP contribution is 2.24. The molecule has 3 nitrogen and oxygen atoms in total. The van der Waals surface area contributed by atoms with E-state index in [9.17, 15) is 4.79 Å². The van der Waals surface area contributed by atoms with Crippen LogP contribution >= 0.6 is 0 Å². The van der Waals surface area contributed by atoms with Gasteiger partial charge in [0, 0.05) is 17.0 Å². The molecule has 3 rings (SSSR count). The molecule has 0 aliphatic carbocycles. The van der Waals surface area contributed by atoms with Crippen LogP contribution in [0, 0.1) is 0 Å². The van der Waals surface area contributed by atoms with Gasteiger partial charge in [0.1, 0.15) is 0 Å². The second-order valence-electron chi connectivity index (χ2n) is 6.10. The van der Waals surface area contributed by atoms with E-state index in [1.54, 1.807) is 0 Å². The Kier molecular flexibility index (Phi) is 4.90. The van der Waals surface area contributed by atoms with E-state index in [4.69, 9.17) is 4.98 Å². The molecule has 0 saturated carbocycles. The van der Waals surface area contributed by atoms with E-state index in [1.807, 2.05) is 67.6 Å². The zero-order valence-corrected chi connectivity index (χ0v) is 14.1. The summed E-state index contributed by atoms with van der Waals surface area (Å²) in [5.41, 5.74) is 3.36. The fourth-order valence-corrected chi connectivity index (χ4v) is 2.93. The van der Waals surface area contributed by atoms with E-state index in [2.05, 4.69) is 12.2 Å². The van der Waals surface area contributed by atoms with Gasteiger partial charge in [0.2, 0.25) is 0 Å². The molecule has 122 valence electrons. The summed E-state index contributed by atoms with van der Waals surface area (Å²) in [7, 11) is 0. The fraction of sp³-hybridized carbons (Fsp3) is 0.238. The topological polar surface area (TPSA) is 42.0 Å². The van der Waals surface area contributed by atoms with Gasteiger partial charge >= 0.3 is 0 Å². The minimum Gasteiger partial charge on any atom is -0.350 e. The van der Waals surface area contributed by atoms with Crippen molar-refractivity contribution < 1.29 is 4.79 Å². The standard InChI is InChI=1S/C21H22N2O/c1-3-9-15(2)22-21(24)18-14-20(16-10-5-4-6-11-16)23-19-13-8-7-12-17(18)19/h4-8,10-15H,3,9H2,1-2H3,(H,22,24)/t15-/m0/s1. The predicted molar refractivity (Wildman–Crippen MR) is 99.0 cm³/mol. The van der Waals surface area contributed by atoms with E-state index in [0.29, 0.717) is 5.56 Å². The van der Waals surface area contributed by atoms with Crippen molar-refractivity contribution in [3.63, 3.8) is 0 Å². The van der Waals surface area contributed by atoms with Crippen molar-refractivity contribution in [1.82, 2.24) is 10.3 Å². The van der Waals surface area contributed by atoms with Gasteiger partial charge in [0.25, 0.3) is 5.91 Å². The monoisotopic (exact) mass is 318 g/mol. The first-order chi connectivity index (χ1) is 11.7. The van der Waals surface area contributed by atoms with Gasteiger partial charge in [-0.05, 0) is 25.5 Å². The molecule has 1 amide bonds. The summed E-state index contributed by atoms with van der Waals surface area (Å²) >= 11 is 0. The quantitative estimate of drug-likeness (QED) is 0.733. The molecular formula is C21H22N2O. The Bertz CT molecular complexity index is 843. The molecule has 24 heavy (non-hydrogen) atoms. The lowest BCUT2D eigenvalue weighted by Crippen LogP contribution is -2.32. The molecule has 0 saturated heterocycles. The molecule has 1 N–H and O–H groups in total. The molecule has 0 bridgehead atoms. The number of hydrogen-bond acceptors (Lipinski definition) is 2. The number of hydrogen-bond donors (Lipinski definition) is 1. The molecule has 0 fully saturated rings. The number of amides is 1. The van der Waals surface area contributed by atoms with Crippen molar-refractivity contribution in [2.75, 3.05) is 0 Å². The molecule has 1 aromatic heterocycles. The Morgan fingerprint density at radius 2 is 1.79 bits per heavy atom. The molecule has 0 spiro atoms. The SMILES string of the molecule is CCC[C@H](C)NC(=O)c1cc(-c2ccccc2)nc2ccccc12. The third-order valence-corrected chi connectivity index (χ3v) is 4.13. The summed E-state index contributed by atoms with van der Waals surface area (Å²) in [5.74, 6) is -0.0354. The fourth-order valence-electron chi connectivity index (χ4n) is 2.93. The molecular weight excluding hydrogens is 296 g/mol. The lowest BCUT2D eigenvalue weighted by molar-refractivity contribution is 0.0940. The summed E-state index contributed by atoms with van der Waals surface area (Å²) in [6.07, 6.45) is 2.02. The number of pyridine rings is 1. The number of benzene rings is 2. The maximum Gasteiger partial charge on any atom is 0.252 e. The van der Waals surface area contributed by atoms with E-state index in [1.165, 1.54) is 0 Å². The predicted octanol–water partition coefficient (Wildman–Crippen LogP) is 4.82. The van der Waals surface area contributed by atoms with E-state index in [0.717, 1.165) is 35.0 Å². The highest BCUT2D eigenvalue weighted by Gasteiger charge is 2.15. The molecule has 1 atom stereocenters. The van der Waals surface area contributed by atoms with E-state index < -0.39 is 0 Å². The van der Waals surface area contributed by atoms with Gasteiger partial charge in [-0.25, -0.2) is 4.98 Å². The van der Waals surface area contributed by atoms with Crippen molar-refractivity contribution in [1.29, 1.82) is 0 Å². The average molecular weight is 318 g/mol. The lowest BCUT2D eigenvalue weighted by atomic mass is 10.0. The van der Waals surface area contributed by atoms with Crippen LogP contribution in [0.3, 0.4) is 0 Å². The van der Waals surface area contributed by atoms with Crippen molar-refractivity contribution >= 4 is 16.8 Å². The summed E-state index contributed by atoms with van der Waals surface area (Å²) < 4.78 is 0. The molecule has 0 radical (unpaired) electrons. The van der Waals surface area contributed by atoms with Crippen LogP contribution in [-0.2, 0) is 0 Å². The van der Waals surface area contributed by atoms with Crippen LogP contribution in [0.4, 0.5) is 0 Å². The zero-order chi connectivity index (χ0) is 16.9. The van der Waals surface area contributed by atoms with Gasteiger partial charge in [-0.2, -0.15) is 0 Å². The highest BCUT2D eigenvalue weighted by atomic mass is 16.1. The van der Waals surface area contributed by atoms with Crippen molar-refractivity contribution in [2.24, 2.45) is 0 Å². The summed E-state index contributed by atoms with van der Waals surface area (Å²) in [6.45, 7) is 4.17. The maximum absolute atomic E-state index is 12.8. The largest absolute Gasteiger partial charge is 0.350 e. The van der Waals surface area contributed by atoms with Gasteiger partial charge < -0.3 is 5.32 Å². The number of carbonyl (C=O) groups is 1. The summed E-state index contributed by atoms with van der Waals surface area (Å²) in [4.78, 5) is 17.5. The van der Waals surface area contributed by atoms with Gasteiger partial charge in [-0.15, -0.1) is 0 Å². The van der Waals surface area contributed by atoms with Gasteiger partial charge in [-0.1, -0.05) is 61.9 Å². The Morgan fingerprint density at radius 3 is 2.54 bits per heavy atom. The van der Waals surface area contributed by atoms with Crippen LogP contribution in [0.5, 0.6) is 0 Å².